The Hall–Kier alpha value is -3.26. The third-order valence-electron chi connectivity index (χ3n) is 4.95. The Kier molecular flexibility index (Phi) is 8.16. The minimum absolute atomic E-state index is 0.0394. The second kappa shape index (κ2) is 11.0. The molecule has 3 amide bonds. The zero-order valence-electron chi connectivity index (χ0n) is 19.2. The van der Waals surface area contributed by atoms with Gasteiger partial charge >= 0.3 is 0 Å². The minimum Gasteiger partial charge on any atom is -0.490 e. The van der Waals surface area contributed by atoms with Crippen LogP contribution in [-0.2, 0) is 9.59 Å². The quantitative estimate of drug-likeness (QED) is 0.506. The molecule has 0 saturated carbocycles. The van der Waals surface area contributed by atoms with E-state index in [-0.39, 0.29) is 17.6 Å². The topological polar surface area (TPSA) is 84.9 Å². The Bertz CT molecular complexity index is 1080. The van der Waals surface area contributed by atoms with Crippen molar-refractivity contribution < 1.29 is 23.9 Å². The van der Waals surface area contributed by atoms with Crippen molar-refractivity contribution in [3.05, 3.63) is 58.5 Å². The second-order valence-electron chi connectivity index (χ2n) is 7.66. The van der Waals surface area contributed by atoms with Gasteiger partial charge < -0.3 is 14.8 Å². The lowest BCUT2D eigenvalue weighted by molar-refractivity contribution is -0.127. The highest BCUT2D eigenvalue weighted by Gasteiger charge is 2.36. The molecule has 3 rings (SSSR count). The molecule has 0 unspecified atom stereocenters. The highest BCUT2D eigenvalue weighted by Crippen LogP contribution is 2.35. The van der Waals surface area contributed by atoms with Gasteiger partial charge in [0, 0.05) is 5.69 Å². The van der Waals surface area contributed by atoms with Crippen LogP contribution in [-0.4, -0.2) is 41.2 Å². The molecule has 1 N–H and O–H groups in total. The number of hydrogen-bond acceptors (Lipinski definition) is 6. The van der Waals surface area contributed by atoms with Gasteiger partial charge in [-0.1, -0.05) is 25.1 Å². The van der Waals surface area contributed by atoms with Crippen LogP contribution in [0.1, 0.15) is 38.3 Å². The molecule has 0 radical (unpaired) electrons. The van der Waals surface area contributed by atoms with Gasteiger partial charge in [-0.25, -0.2) is 0 Å². The number of nitrogens with zero attached hydrogens (tertiary/aromatic N) is 1. The molecule has 1 heterocycles. The van der Waals surface area contributed by atoms with Crippen molar-refractivity contribution in [1.82, 2.24) is 4.90 Å². The third-order valence-corrected chi connectivity index (χ3v) is 5.85. The van der Waals surface area contributed by atoms with Crippen molar-refractivity contribution >= 4 is 40.6 Å². The number of anilines is 1. The van der Waals surface area contributed by atoms with Crippen LogP contribution in [0.4, 0.5) is 10.5 Å². The van der Waals surface area contributed by atoms with E-state index < -0.39 is 17.1 Å². The lowest BCUT2D eigenvalue weighted by atomic mass is 10.1. The van der Waals surface area contributed by atoms with Gasteiger partial charge in [0.25, 0.3) is 11.1 Å². The van der Waals surface area contributed by atoms with E-state index in [9.17, 15) is 14.4 Å². The Morgan fingerprint density at radius 2 is 1.94 bits per heavy atom. The number of thioether (sulfide) groups is 1. The summed E-state index contributed by atoms with van der Waals surface area (Å²) in [4.78, 5) is 38.8. The first-order valence-corrected chi connectivity index (χ1v) is 11.7. The molecule has 0 spiro atoms. The first-order chi connectivity index (χ1) is 15.8. The lowest BCUT2D eigenvalue weighted by Crippen LogP contribution is -2.36. The van der Waals surface area contributed by atoms with E-state index in [4.69, 9.17) is 9.47 Å². The molecule has 0 aromatic heterocycles. The summed E-state index contributed by atoms with van der Waals surface area (Å²) in [5.41, 5.74) is 2.31. The fourth-order valence-corrected chi connectivity index (χ4v) is 3.97. The Morgan fingerprint density at radius 3 is 2.64 bits per heavy atom. The van der Waals surface area contributed by atoms with Gasteiger partial charge in [-0.2, -0.15) is 0 Å². The van der Waals surface area contributed by atoms with E-state index in [0.717, 1.165) is 28.6 Å². The van der Waals surface area contributed by atoms with Crippen molar-refractivity contribution in [3.63, 3.8) is 0 Å². The first-order valence-electron chi connectivity index (χ1n) is 10.9. The lowest BCUT2D eigenvalue weighted by Gasteiger charge is -2.16. The van der Waals surface area contributed by atoms with Crippen LogP contribution < -0.4 is 14.8 Å². The average molecular weight is 469 g/mol. The van der Waals surface area contributed by atoms with Crippen LogP contribution in [0.25, 0.3) is 6.08 Å². The standard InChI is InChI=1S/C25H28N2O5S/c1-5-17(4)32-20-11-10-18(13-21(20)31-6-2)14-22-24(29)27(25(30)33-22)15-23(28)26-19-9-7-8-16(3)12-19/h7-14,17H,5-6,15H2,1-4H3,(H,26,28)/b22-14+/t17-/m0/s1. The molecule has 2 aromatic carbocycles. The number of aryl methyl sites for hydroxylation is 1. The number of ether oxygens (including phenoxy) is 2. The molecule has 1 fully saturated rings. The number of carbonyl (C=O) groups excluding carboxylic acids is 3. The van der Waals surface area contributed by atoms with Crippen LogP contribution in [0.5, 0.6) is 11.5 Å². The maximum absolute atomic E-state index is 12.8. The van der Waals surface area contributed by atoms with E-state index in [0.29, 0.717) is 29.4 Å². The summed E-state index contributed by atoms with van der Waals surface area (Å²) >= 11 is 0.812. The highest BCUT2D eigenvalue weighted by atomic mass is 32.2. The molecule has 8 heteroatoms. The molecule has 1 aliphatic heterocycles. The summed E-state index contributed by atoms with van der Waals surface area (Å²) in [5.74, 6) is 0.268. The molecule has 33 heavy (non-hydrogen) atoms. The SMILES string of the molecule is CCOc1cc(/C=C2/SC(=O)N(CC(=O)Nc3cccc(C)c3)C2=O)ccc1O[C@@H](C)CC. The van der Waals surface area contributed by atoms with Crippen LogP contribution >= 0.6 is 11.8 Å². The average Bonchev–Trinajstić information content (AvgIpc) is 3.02. The maximum atomic E-state index is 12.8. The predicted octanol–water partition coefficient (Wildman–Crippen LogP) is 5.25. The summed E-state index contributed by atoms with van der Waals surface area (Å²) in [5, 5.41) is 2.24. The second-order valence-corrected chi connectivity index (χ2v) is 8.65. The number of carbonyl (C=O) groups is 3. The molecule has 174 valence electrons. The normalized spacial score (nSPS) is 15.6. The zero-order chi connectivity index (χ0) is 24.0. The molecule has 0 aliphatic carbocycles. The summed E-state index contributed by atoms with van der Waals surface area (Å²) < 4.78 is 11.6. The van der Waals surface area contributed by atoms with Crippen LogP contribution in [0.3, 0.4) is 0 Å². The van der Waals surface area contributed by atoms with Gasteiger partial charge in [-0.05, 0) is 80.4 Å². The molecule has 1 atom stereocenters. The molecule has 0 bridgehead atoms. The summed E-state index contributed by atoms with van der Waals surface area (Å²) in [6.45, 7) is 7.93. The van der Waals surface area contributed by atoms with Gasteiger partial charge in [0.05, 0.1) is 17.6 Å². The van der Waals surface area contributed by atoms with Crippen molar-refractivity contribution in [1.29, 1.82) is 0 Å². The number of hydrogen-bond donors (Lipinski definition) is 1. The van der Waals surface area contributed by atoms with Gasteiger partial charge in [-0.3, -0.25) is 19.3 Å². The smallest absolute Gasteiger partial charge is 0.294 e. The van der Waals surface area contributed by atoms with Crippen LogP contribution in [0.15, 0.2) is 47.4 Å². The highest BCUT2D eigenvalue weighted by molar-refractivity contribution is 8.18. The Labute approximate surface area is 198 Å². The Morgan fingerprint density at radius 1 is 1.15 bits per heavy atom. The number of imide groups is 1. The van der Waals surface area contributed by atoms with Gasteiger partial charge in [0.15, 0.2) is 11.5 Å². The first kappa shape index (κ1) is 24.4. The maximum Gasteiger partial charge on any atom is 0.294 e. The number of amides is 3. The number of nitrogens with one attached hydrogen (secondary N) is 1. The summed E-state index contributed by atoms with van der Waals surface area (Å²) in [6, 6.07) is 12.7. The van der Waals surface area contributed by atoms with E-state index >= 15 is 0 Å². The van der Waals surface area contributed by atoms with Crippen molar-refractivity contribution in [2.75, 3.05) is 18.5 Å². The molecular formula is C25H28N2O5S. The summed E-state index contributed by atoms with van der Waals surface area (Å²) in [6.07, 6.45) is 2.52. The largest absolute Gasteiger partial charge is 0.490 e. The minimum atomic E-state index is -0.498. The fourth-order valence-electron chi connectivity index (χ4n) is 3.13. The monoisotopic (exact) mass is 468 g/mol. The molecule has 7 nitrogen and oxygen atoms in total. The molecule has 2 aromatic rings. The van der Waals surface area contributed by atoms with Crippen molar-refractivity contribution in [2.24, 2.45) is 0 Å². The van der Waals surface area contributed by atoms with E-state index in [1.165, 1.54) is 0 Å². The molecular weight excluding hydrogens is 440 g/mol. The van der Waals surface area contributed by atoms with Gasteiger partial charge in [0.1, 0.15) is 6.54 Å². The number of benzene rings is 2. The van der Waals surface area contributed by atoms with E-state index in [1.807, 2.05) is 45.9 Å². The Balaban J connectivity index is 1.73. The zero-order valence-corrected chi connectivity index (χ0v) is 20.0. The fraction of sp³-hybridized carbons (Fsp3) is 0.320. The van der Waals surface area contributed by atoms with Crippen LogP contribution in [0.2, 0.25) is 0 Å². The molecule has 1 aliphatic rings. The van der Waals surface area contributed by atoms with E-state index in [2.05, 4.69) is 5.32 Å². The van der Waals surface area contributed by atoms with E-state index in [1.54, 1.807) is 30.3 Å². The predicted molar refractivity (Wildman–Crippen MR) is 130 cm³/mol. The van der Waals surface area contributed by atoms with Crippen molar-refractivity contribution in [2.45, 2.75) is 40.2 Å². The van der Waals surface area contributed by atoms with Gasteiger partial charge in [0.2, 0.25) is 5.91 Å². The third kappa shape index (κ3) is 6.38. The number of rotatable bonds is 9. The van der Waals surface area contributed by atoms with Gasteiger partial charge in [-0.15, -0.1) is 0 Å². The molecule has 1 saturated heterocycles. The van der Waals surface area contributed by atoms with Crippen molar-refractivity contribution in [3.8, 4) is 11.5 Å². The summed E-state index contributed by atoms with van der Waals surface area (Å²) in [7, 11) is 0. The van der Waals surface area contributed by atoms with Crippen LogP contribution in [0, 0.1) is 6.92 Å².